The summed E-state index contributed by atoms with van der Waals surface area (Å²) >= 11 is 0. The Bertz CT molecular complexity index is 1190. The average molecular weight is 372 g/mol. The largest absolute Gasteiger partial charge is 0.449 e. The van der Waals surface area contributed by atoms with E-state index in [1.54, 1.807) is 13.1 Å². The van der Waals surface area contributed by atoms with Crippen LogP contribution in [0.1, 0.15) is 17.3 Å². The van der Waals surface area contributed by atoms with Gasteiger partial charge < -0.3 is 14.6 Å². The maximum Gasteiger partial charge on any atom is 0.341 e. The van der Waals surface area contributed by atoms with E-state index in [0.29, 0.717) is 11.3 Å². The Hall–Kier alpha value is -3.60. The van der Waals surface area contributed by atoms with Crippen LogP contribution in [0, 0.1) is 0 Å². The number of esters is 1. The van der Waals surface area contributed by atoms with Gasteiger partial charge in [-0.3, -0.25) is 4.79 Å². The second kappa shape index (κ2) is 7.19. The van der Waals surface area contributed by atoms with E-state index in [1.165, 1.54) is 0 Å². The number of para-hydroxylation sites is 1. The van der Waals surface area contributed by atoms with Crippen LogP contribution < -0.4 is 5.32 Å². The third-order valence-corrected chi connectivity index (χ3v) is 4.82. The minimum absolute atomic E-state index is 0.370. The van der Waals surface area contributed by atoms with Crippen molar-refractivity contribution in [2.24, 2.45) is 7.05 Å². The number of hydrogen-bond acceptors (Lipinski definition) is 3. The van der Waals surface area contributed by atoms with Gasteiger partial charge >= 0.3 is 5.97 Å². The van der Waals surface area contributed by atoms with Crippen LogP contribution in [0.2, 0.25) is 0 Å². The lowest BCUT2D eigenvalue weighted by molar-refractivity contribution is -0.123. The lowest BCUT2D eigenvalue weighted by atomic mass is 10.1. The lowest BCUT2D eigenvalue weighted by Crippen LogP contribution is -2.30. The van der Waals surface area contributed by atoms with E-state index in [4.69, 9.17) is 4.74 Å². The molecule has 0 spiro atoms. The first-order chi connectivity index (χ1) is 13.5. The Morgan fingerprint density at radius 1 is 0.929 bits per heavy atom. The highest BCUT2D eigenvalue weighted by Gasteiger charge is 2.22. The molecule has 28 heavy (non-hydrogen) atoms. The zero-order valence-corrected chi connectivity index (χ0v) is 15.7. The first kappa shape index (κ1) is 17.8. The Kier molecular flexibility index (Phi) is 4.57. The standard InChI is InChI=1S/C23H20N2O3/c1-15(22(26)24-20-12-7-9-16-8-3-4-10-17(16)20)28-23(27)19-14-25(2)21-13-6-5-11-18(19)21/h3-15H,1-2H3,(H,24,26). The highest BCUT2D eigenvalue weighted by atomic mass is 16.5. The van der Waals surface area contributed by atoms with E-state index < -0.39 is 12.1 Å². The van der Waals surface area contributed by atoms with Crippen molar-refractivity contribution in [3.63, 3.8) is 0 Å². The fourth-order valence-corrected chi connectivity index (χ4v) is 3.35. The van der Waals surface area contributed by atoms with Crippen molar-refractivity contribution in [1.29, 1.82) is 0 Å². The molecule has 4 aromatic rings. The van der Waals surface area contributed by atoms with Crippen molar-refractivity contribution < 1.29 is 14.3 Å². The second-order valence-electron chi connectivity index (χ2n) is 6.73. The van der Waals surface area contributed by atoms with Crippen LogP contribution in [-0.4, -0.2) is 22.5 Å². The van der Waals surface area contributed by atoms with Crippen molar-refractivity contribution in [2.75, 3.05) is 5.32 Å². The maximum absolute atomic E-state index is 12.6. The number of aryl methyl sites for hydroxylation is 1. The van der Waals surface area contributed by atoms with E-state index in [1.807, 2.05) is 78.3 Å². The molecule has 1 amide bonds. The molecular weight excluding hydrogens is 352 g/mol. The molecule has 5 nitrogen and oxygen atoms in total. The van der Waals surface area contributed by atoms with Gasteiger partial charge in [-0.1, -0.05) is 54.6 Å². The van der Waals surface area contributed by atoms with Gasteiger partial charge in [0.2, 0.25) is 0 Å². The molecule has 1 unspecified atom stereocenters. The van der Waals surface area contributed by atoms with Gasteiger partial charge in [-0.2, -0.15) is 0 Å². The van der Waals surface area contributed by atoms with Crippen LogP contribution in [0.25, 0.3) is 21.7 Å². The first-order valence-corrected chi connectivity index (χ1v) is 9.08. The van der Waals surface area contributed by atoms with Crippen LogP contribution in [-0.2, 0) is 16.6 Å². The van der Waals surface area contributed by atoms with E-state index in [0.717, 1.165) is 21.7 Å². The summed E-state index contributed by atoms with van der Waals surface area (Å²) in [6.45, 7) is 1.57. The molecule has 1 N–H and O–H groups in total. The Labute approximate surface area is 162 Å². The summed E-state index contributed by atoms with van der Waals surface area (Å²) in [7, 11) is 1.87. The molecule has 0 saturated heterocycles. The van der Waals surface area contributed by atoms with Gasteiger partial charge in [0.1, 0.15) is 0 Å². The summed E-state index contributed by atoms with van der Waals surface area (Å²) in [5.74, 6) is -0.887. The fourth-order valence-electron chi connectivity index (χ4n) is 3.35. The van der Waals surface area contributed by atoms with Gasteiger partial charge in [0.15, 0.2) is 6.10 Å². The summed E-state index contributed by atoms with van der Waals surface area (Å²) in [5, 5.41) is 5.63. The number of hydrogen-bond donors (Lipinski definition) is 1. The molecule has 0 fully saturated rings. The van der Waals surface area contributed by atoms with Gasteiger partial charge in [0.05, 0.1) is 5.56 Å². The molecule has 0 aliphatic carbocycles. The third-order valence-electron chi connectivity index (χ3n) is 4.82. The van der Waals surface area contributed by atoms with Crippen molar-refractivity contribution in [3.05, 3.63) is 78.5 Å². The summed E-state index contributed by atoms with van der Waals surface area (Å²) in [5.41, 5.74) is 2.07. The Morgan fingerprint density at radius 2 is 1.61 bits per heavy atom. The number of benzene rings is 3. The second-order valence-corrected chi connectivity index (χ2v) is 6.73. The molecule has 0 aliphatic heterocycles. The molecular formula is C23H20N2O3. The molecule has 0 radical (unpaired) electrons. The van der Waals surface area contributed by atoms with E-state index in [2.05, 4.69) is 5.32 Å². The number of nitrogens with one attached hydrogen (secondary N) is 1. The minimum Gasteiger partial charge on any atom is -0.449 e. The first-order valence-electron chi connectivity index (χ1n) is 9.08. The monoisotopic (exact) mass is 372 g/mol. The smallest absolute Gasteiger partial charge is 0.341 e. The van der Waals surface area contributed by atoms with Gasteiger partial charge in [0.25, 0.3) is 5.91 Å². The Morgan fingerprint density at radius 3 is 2.43 bits per heavy atom. The van der Waals surface area contributed by atoms with Crippen molar-refractivity contribution in [2.45, 2.75) is 13.0 Å². The predicted molar refractivity (Wildman–Crippen MR) is 110 cm³/mol. The van der Waals surface area contributed by atoms with Gasteiger partial charge in [-0.05, 0) is 24.4 Å². The number of carbonyl (C=O) groups excluding carboxylic acids is 2. The zero-order valence-electron chi connectivity index (χ0n) is 15.7. The van der Waals surface area contributed by atoms with E-state index >= 15 is 0 Å². The van der Waals surface area contributed by atoms with Crippen molar-refractivity contribution in [3.8, 4) is 0 Å². The predicted octanol–water partition coefficient (Wildman–Crippen LogP) is 4.52. The van der Waals surface area contributed by atoms with E-state index in [-0.39, 0.29) is 5.91 Å². The summed E-state index contributed by atoms with van der Waals surface area (Å²) in [6.07, 6.45) is 0.799. The summed E-state index contributed by atoms with van der Waals surface area (Å²) in [4.78, 5) is 25.2. The van der Waals surface area contributed by atoms with Crippen molar-refractivity contribution >= 4 is 39.2 Å². The molecule has 140 valence electrons. The van der Waals surface area contributed by atoms with Gasteiger partial charge in [0, 0.05) is 35.2 Å². The SMILES string of the molecule is CC(OC(=O)c1cn(C)c2ccccc12)C(=O)Nc1cccc2ccccc12. The van der Waals surface area contributed by atoms with Gasteiger partial charge in [-0.15, -0.1) is 0 Å². The van der Waals surface area contributed by atoms with Crippen LogP contribution in [0.15, 0.2) is 72.9 Å². The number of anilines is 1. The third kappa shape index (κ3) is 3.22. The van der Waals surface area contributed by atoms with E-state index in [9.17, 15) is 9.59 Å². The zero-order chi connectivity index (χ0) is 19.7. The number of nitrogens with zero attached hydrogens (tertiary/aromatic N) is 1. The molecule has 4 rings (SSSR count). The van der Waals surface area contributed by atoms with Crippen molar-refractivity contribution in [1.82, 2.24) is 4.57 Å². The number of carbonyl (C=O) groups is 2. The van der Waals surface area contributed by atoms with Crippen LogP contribution in [0.4, 0.5) is 5.69 Å². The molecule has 1 aromatic heterocycles. The number of ether oxygens (including phenoxy) is 1. The molecule has 0 aliphatic rings. The average Bonchev–Trinajstić information content (AvgIpc) is 3.05. The van der Waals surface area contributed by atoms with Gasteiger partial charge in [-0.25, -0.2) is 4.79 Å². The quantitative estimate of drug-likeness (QED) is 0.536. The number of fused-ring (bicyclic) bond motifs is 2. The minimum atomic E-state index is -0.926. The molecule has 1 heterocycles. The topological polar surface area (TPSA) is 60.3 Å². The molecule has 5 heteroatoms. The summed E-state index contributed by atoms with van der Waals surface area (Å²) in [6, 6.07) is 21.1. The molecule has 0 saturated carbocycles. The van der Waals surface area contributed by atoms with Crippen LogP contribution >= 0.6 is 0 Å². The lowest BCUT2D eigenvalue weighted by Gasteiger charge is -2.14. The summed E-state index contributed by atoms with van der Waals surface area (Å²) < 4.78 is 7.31. The number of aromatic nitrogens is 1. The Balaban J connectivity index is 1.52. The van der Waals surface area contributed by atoms with Crippen LogP contribution in [0.3, 0.4) is 0 Å². The highest BCUT2D eigenvalue weighted by Crippen LogP contribution is 2.24. The van der Waals surface area contributed by atoms with Crippen LogP contribution in [0.5, 0.6) is 0 Å². The number of rotatable bonds is 4. The molecule has 1 atom stereocenters. The normalized spacial score (nSPS) is 12.1. The number of amides is 1. The molecule has 3 aromatic carbocycles. The highest BCUT2D eigenvalue weighted by molar-refractivity contribution is 6.07. The fraction of sp³-hybridized carbons (Fsp3) is 0.130. The maximum atomic E-state index is 12.6. The molecule has 0 bridgehead atoms.